The van der Waals surface area contributed by atoms with Crippen LogP contribution in [0.15, 0.2) is 67.0 Å². The number of anilines is 2. The molecule has 32 heavy (non-hydrogen) atoms. The van der Waals surface area contributed by atoms with Crippen molar-refractivity contribution in [3.05, 3.63) is 67.0 Å². The number of hydrogen-bond acceptors (Lipinski definition) is 6. The van der Waals surface area contributed by atoms with Crippen molar-refractivity contribution in [3.63, 3.8) is 0 Å². The fourth-order valence-corrected chi connectivity index (χ4v) is 4.65. The van der Waals surface area contributed by atoms with Crippen LogP contribution in [0.4, 0.5) is 11.6 Å². The Hall–Kier alpha value is -3.45. The summed E-state index contributed by atoms with van der Waals surface area (Å²) in [7, 11) is 1.68. The lowest BCUT2D eigenvalue weighted by Gasteiger charge is -2.37. The van der Waals surface area contributed by atoms with E-state index < -0.39 is 0 Å². The maximum Gasteiger partial charge on any atom is 0.228 e. The van der Waals surface area contributed by atoms with E-state index in [-0.39, 0.29) is 11.9 Å². The van der Waals surface area contributed by atoms with E-state index in [9.17, 15) is 4.79 Å². The van der Waals surface area contributed by atoms with Crippen LogP contribution in [0.5, 0.6) is 5.75 Å². The van der Waals surface area contributed by atoms with Gasteiger partial charge in [-0.2, -0.15) is 0 Å². The van der Waals surface area contributed by atoms with Gasteiger partial charge in [-0.25, -0.2) is 9.97 Å². The molecular formula is C25H27N5O2. The molecule has 0 saturated carbocycles. The molecule has 1 amide bonds. The molecule has 1 aromatic heterocycles. The highest BCUT2D eigenvalue weighted by molar-refractivity contribution is 5.97. The Bertz CT molecular complexity index is 1080. The molecule has 0 spiro atoms. The summed E-state index contributed by atoms with van der Waals surface area (Å²) in [5, 5.41) is 0. The first-order valence-corrected chi connectivity index (χ1v) is 11.0. The summed E-state index contributed by atoms with van der Waals surface area (Å²) in [6.07, 6.45) is 4.11. The van der Waals surface area contributed by atoms with Crippen LogP contribution in [-0.4, -0.2) is 66.7 Å². The van der Waals surface area contributed by atoms with Gasteiger partial charge in [0, 0.05) is 68.8 Å². The molecule has 0 N–H and O–H groups in total. The van der Waals surface area contributed by atoms with E-state index >= 15 is 0 Å². The number of piperazine rings is 1. The standard InChI is InChI=1S/C25H27N5O2/c1-32-23-9-3-2-8-22(23)19-6-4-7-20(16-19)30-18-21(17-24(30)31)28-12-14-29(15-13-28)25-26-10-5-11-27-25/h2-11,16,21H,12-15,17-18H2,1H3. The van der Waals surface area contributed by atoms with E-state index in [2.05, 4.69) is 31.9 Å². The minimum absolute atomic E-state index is 0.181. The number of amides is 1. The van der Waals surface area contributed by atoms with Gasteiger partial charge in [-0.15, -0.1) is 0 Å². The molecule has 3 aromatic rings. The summed E-state index contributed by atoms with van der Waals surface area (Å²) in [6, 6.07) is 18.2. The monoisotopic (exact) mass is 429 g/mol. The first-order chi connectivity index (χ1) is 15.7. The van der Waals surface area contributed by atoms with Crippen molar-refractivity contribution in [3.8, 4) is 16.9 Å². The van der Waals surface area contributed by atoms with E-state index in [4.69, 9.17) is 4.74 Å². The van der Waals surface area contributed by atoms with E-state index in [1.165, 1.54) is 0 Å². The highest BCUT2D eigenvalue weighted by Gasteiger charge is 2.36. The summed E-state index contributed by atoms with van der Waals surface area (Å²) in [5.41, 5.74) is 3.02. The quantitative estimate of drug-likeness (QED) is 0.621. The van der Waals surface area contributed by atoms with Gasteiger partial charge in [0.2, 0.25) is 11.9 Å². The molecule has 5 rings (SSSR count). The molecule has 7 heteroatoms. The Balaban J connectivity index is 1.28. The largest absolute Gasteiger partial charge is 0.496 e. The minimum atomic E-state index is 0.181. The third kappa shape index (κ3) is 4.03. The number of carbonyl (C=O) groups is 1. The van der Waals surface area contributed by atoms with Gasteiger partial charge in [0.25, 0.3) is 0 Å². The zero-order valence-electron chi connectivity index (χ0n) is 18.2. The Kier molecular flexibility index (Phi) is 5.73. The van der Waals surface area contributed by atoms with Gasteiger partial charge in [0.1, 0.15) is 5.75 Å². The van der Waals surface area contributed by atoms with Crippen molar-refractivity contribution in [2.24, 2.45) is 0 Å². The molecule has 2 saturated heterocycles. The molecule has 2 fully saturated rings. The summed E-state index contributed by atoms with van der Waals surface area (Å²) >= 11 is 0. The van der Waals surface area contributed by atoms with Crippen molar-refractivity contribution in [2.45, 2.75) is 12.5 Å². The predicted molar refractivity (Wildman–Crippen MR) is 125 cm³/mol. The fraction of sp³-hybridized carbons (Fsp3) is 0.320. The molecule has 0 bridgehead atoms. The van der Waals surface area contributed by atoms with Gasteiger partial charge < -0.3 is 14.5 Å². The molecule has 7 nitrogen and oxygen atoms in total. The summed E-state index contributed by atoms with van der Waals surface area (Å²) in [5.74, 6) is 1.79. The normalized spacial score (nSPS) is 19.4. The first kappa shape index (κ1) is 20.5. The molecule has 2 aliphatic rings. The highest BCUT2D eigenvalue weighted by Crippen LogP contribution is 2.33. The van der Waals surface area contributed by atoms with Gasteiger partial charge in [-0.05, 0) is 29.8 Å². The predicted octanol–water partition coefficient (Wildman–Crippen LogP) is 3.08. The van der Waals surface area contributed by atoms with Crippen LogP contribution in [0.3, 0.4) is 0 Å². The van der Waals surface area contributed by atoms with E-state index in [1.807, 2.05) is 47.4 Å². The van der Waals surface area contributed by atoms with Crippen LogP contribution in [0, 0.1) is 0 Å². The Labute approximate surface area is 188 Å². The molecule has 2 aromatic carbocycles. The SMILES string of the molecule is COc1ccccc1-c1cccc(N2CC(N3CCN(c4ncccn4)CC3)CC2=O)c1. The molecule has 0 radical (unpaired) electrons. The highest BCUT2D eigenvalue weighted by atomic mass is 16.5. The lowest BCUT2D eigenvalue weighted by atomic mass is 10.0. The molecule has 0 aliphatic carbocycles. The first-order valence-electron chi connectivity index (χ1n) is 11.0. The third-order valence-electron chi connectivity index (χ3n) is 6.35. The summed E-state index contributed by atoms with van der Waals surface area (Å²) in [6.45, 7) is 4.28. The lowest BCUT2D eigenvalue weighted by Crippen LogP contribution is -2.51. The van der Waals surface area contributed by atoms with Crippen LogP contribution >= 0.6 is 0 Å². The van der Waals surface area contributed by atoms with Crippen LogP contribution in [-0.2, 0) is 4.79 Å². The second-order valence-corrected chi connectivity index (χ2v) is 8.18. The number of nitrogens with zero attached hydrogens (tertiary/aromatic N) is 5. The maximum absolute atomic E-state index is 12.9. The smallest absolute Gasteiger partial charge is 0.228 e. The van der Waals surface area contributed by atoms with Gasteiger partial charge in [0.05, 0.1) is 7.11 Å². The van der Waals surface area contributed by atoms with Crippen LogP contribution in [0.1, 0.15) is 6.42 Å². The van der Waals surface area contributed by atoms with E-state index in [0.717, 1.165) is 61.2 Å². The van der Waals surface area contributed by atoms with Gasteiger partial charge in [-0.1, -0.05) is 30.3 Å². The number of carbonyl (C=O) groups excluding carboxylic acids is 1. The molecular weight excluding hydrogens is 402 g/mol. The molecule has 3 heterocycles. The average Bonchev–Trinajstić information content (AvgIpc) is 3.26. The van der Waals surface area contributed by atoms with Gasteiger partial charge in [0.15, 0.2) is 0 Å². The molecule has 1 atom stereocenters. The number of para-hydroxylation sites is 1. The molecule has 1 unspecified atom stereocenters. The number of methoxy groups -OCH3 is 1. The van der Waals surface area contributed by atoms with Gasteiger partial charge >= 0.3 is 0 Å². The van der Waals surface area contributed by atoms with Crippen molar-refractivity contribution in [1.82, 2.24) is 14.9 Å². The zero-order valence-corrected chi connectivity index (χ0v) is 18.2. The maximum atomic E-state index is 12.9. The summed E-state index contributed by atoms with van der Waals surface area (Å²) in [4.78, 5) is 28.2. The number of benzene rings is 2. The Morgan fingerprint density at radius 1 is 0.938 bits per heavy atom. The van der Waals surface area contributed by atoms with Crippen LogP contribution < -0.4 is 14.5 Å². The number of hydrogen-bond donors (Lipinski definition) is 0. The van der Waals surface area contributed by atoms with Crippen molar-refractivity contribution in [2.75, 3.05) is 49.6 Å². The third-order valence-corrected chi connectivity index (χ3v) is 6.35. The number of aromatic nitrogens is 2. The van der Waals surface area contributed by atoms with Crippen molar-refractivity contribution in [1.29, 1.82) is 0 Å². The topological polar surface area (TPSA) is 61.8 Å². The summed E-state index contributed by atoms with van der Waals surface area (Å²) < 4.78 is 5.52. The van der Waals surface area contributed by atoms with Crippen LogP contribution in [0.2, 0.25) is 0 Å². The number of ether oxygens (including phenoxy) is 1. The van der Waals surface area contributed by atoms with Crippen molar-refractivity contribution >= 4 is 17.5 Å². The second-order valence-electron chi connectivity index (χ2n) is 8.18. The second kappa shape index (κ2) is 8.96. The van der Waals surface area contributed by atoms with E-state index in [1.54, 1.807) is 19.5 Å². The Morgan fingerprint density at radius 2 is 1.72 bits per heavy atom. The number of rotatable bonds is 5. The zero-order chi connectivity index (χ0) is 21.9. The Morgan fingerprint density at radius 3 is 2.50 bits per heavy atom. The fourth-order valence-electron chi connectivity index (χ4n) is 4.65. The average molecular weight is 430 g/mol. The van der Waals surface area contributed by atoms with Crippen LogP contribution in [0.25, 0.3) is 11.1 Å². The molecule has 2 aliphatic heterocycles. The minimum Gasteiger partial charge on any atom is -0.496 e. The van der Waals surface area contributed by atoms with E-state index in [0.29, 0.717) is 6.42 Å². The van der Waals surface area contributed by atoms with Gasteiger partial charge in [-0.3, -0.25) is 9.69 Å². The lowest BCUT2D eigenvalue weighted by molar-refractivity contribution is -0.117. The van der Waals surface area contributed by atoms with Crippen molar-refractivity contribution < 1.29 is 9.53 Å². The molecule has 164 valence electrons.